The number of nitrogens with zero attached hydrogens (tertiary/aromatic N) is 1. The maximum atomic E-state index is 12.4. The van der Waals surface area contributed by atoms with E-state index in [2.05, 4.69) is 0 Å². The lowest BCUT2D eigenvalue weighted by molar-refractivity contribution is 0.105. The molecule has 0 aliphatic rings. The molecule has 0 fully saturated rings. The molecule has 0 aliphatic heterocycles. The first-order valence-corrected chi connectivity index (χ1v) is 9.08. The molecule has 0 spiro atoms. The third-order valence-electron chi connectivity index (χ3n) is 3.81. The van der Waals surface area contributed by atoms with Crippen molar-refractivity contribution in [2.75, 3.05) is 19.0 Å². The molecule has 1 aromatic heterocycles. The highest BCUT2D eigenvalue weighted by Gasteiger charge is 2.08. The van der Waals surface area contributed by atoms with E-state index in [-0.39, 0.29) is 5.78 Å². The van der Waals surface area contributed by atoms with Crippen molar-refractivity contribution in [2.24, 2.45) is 0 Å². The number of hydrogen-bond donors (Lipinski definition) is 0. The van der Waals surface area contributed by atoms with E-state index in [0.717, 1.165) is 26.6 Å². The summed E-state index contributed by atoms with van der Waals surface area (Å²) in [5, 5.41) is 0.708. The van der Waals surface area contributed by atoms with Gasteiger partial charge < -0.3 is 4.90 Å². The third-order valence-corrected chi connectivity index (χ3v) is 5.22. The molecule has 0 saturated heterocycles. The molecule has 0 amide bonds. The molecule has 0 atom stereocenters. The van der Waals surface area contributed by atoms with Crippen LogP contribution in [0.25, 0.3) is 16.5 Å². The van der Waals surface area contributed by atoms with E-state index in [0.29, 0.717) is 5.02 Å². The topological polar surface area (TPSA) is 20.3 Å². The van der Waals surface area contributed by atoms with Crippen LogP contribution in [0.15, 0.2) is 66.7 Å². The Morgan fingerprint density at radius 2 is 1.64 bits per heavy atom. The van der Waals surface area contributed by atoms with Crippen LogP contribution in [0.5, 0.6) is 0 Å². The van der Waals surface area contributed by atoms with Crippen LogP contribution in [0.4, 0.5) is 5.69 Å². The second kappa shape index (κ2) is 7.68. The minimum absolute atomic E-state index is 0.0156. The second-order valence-corrected chi connectivity index (χ2v) is 7.37. The minimum atomic E-state index is 0.0156. The lowest BCUT2D eigenvalue weighted by Crippen LogP contribution is -2.07. The number of carbonyl (C=O) groups is 1. The van der Waals surface area contributed by atoms with Gasteiger partial charge in [0, 0.05) is 29.7 Å². The van der Waals surface area contributed by atoms with E-state index in [4.69, 9.17) is 11.6 Å². The molecule has 4 heteroatoms. The van der Waals surface area contributed by atoms with Gasteiger partial charge in [0.2, 0.25) is 0 Å². The van der Waals surface area contributed by atoms with Crippen molar-refractivity contribution in [2.45, 2.75) is 0 Å². The Kier molecular flexibility index (Phi) is 5.37. The van der Waals surface area contributed by atoms with Crippen LogP contribution >= 0.6 is 22.9 Å². The zero-order valence-corrected chi connectivity index (χ0v) is 15.6. The maximum Gasteiger partial charge on any atom is 0.195 e. The Balaban J connectivity index is 1.72. The van der Waals surface area contributed by atoms with Crippen LogP contribution < -0.4 is 4.90 Å². The quantitative estimate of drug-likeness (QED) is 0.405. The number of thiophene rings is 1. The van der Waals surface area contributed by atoms with Gasteiger partial charge in [-0.15, -0.1) is 11.3 Å². The Morgan fingerprint density at radius 3 is 2.28 bits per heavy atom. The van der Waals surface area contributed by atoms with Gasteiger partial charge in [-0.25, -0.2) is 0 Å². The molecular formula is C21H18ClNOS. The Hall–Kier alpha value is -2.36. The van der Waals surface area contributed by atoms with Gasteiger partial charge in [0.15, 0.2) is 5.78 Å². The van der Waals surface area contributed by atoms with Crippen LogP contribution in [0.2, 0.25) is 5.02 Å². The number of hydrogen-bond acceptors (Lipinski definition) is 3. The van der Waals surface area contributed by atoms with E-state index < -0.39 is 0 Å². The van der Waals surface area contributed by atoms with Crippen molar-refractivity contribution in [3.63, 3.8) is 0 Å². The molecule has 0 radical (unpaired) electrons. The van der Waals surface area contributed by atoms with E-state index in [1.54, 1.807) is 6.08 Å². The SMILES string of the molecule is CN(C)c1ccc(C=CC(=O)c2ccc(-c3ccc(Cl)cc3)s2)cc1. The molecule has 3 aromatic rings. The fourth-order valence-electron chi connectivity index (χ4n) is 2.38. The van der Waals surface area contributed by atoms with Gasteiger partial charge in [-0.1, -0.05) is 41.9 Å². The number of rotatable bonds is 5. The number of carbonyl (C=O) groups excluding carboxylic acids is 1. The number of ketones is 1. The maximum absolute atomic E-state index is 12.4. The van der Waals surface area contributed by atoms with Gasteiger partial charge in [0.1, 0.15) is 0 Å². The minimum Gasteiger partial charge on any atom is -0.378 e. The predicted molar refractivity (Wildman–Crippen MR) is 109 cm³/mol. The molecule has 126 valence electrons. The van der Waals surface area contributed by atoms with Gasteiger partial charge in [-0.2, -0.15) is 0 Å². The molecule has 0 unspecified atom stereocenters. The summed E-state index contributed by atoms with van der Waals surface area (Å²) >= 11 is 7.41. The van der Waals surface area contributed by atoms with Crippen LogP contribution in [-0.2, 0) is 0 Å². The largest absolute Gasteiger partial charge is 0.378 e. The molecular weight excluding hydrogens is 350 g/mol. The highest BCUT2D eigenvalue weighted by atomic mass is 35.5. The zero-order valence-electron chi connectivity index (χ0n) is 14.1. The van der Waals surface area contributed by atoms with Crippen LogP contribution in [-0.4, -0.2) is 19.9 Å². The summed E-state index contributed by atoms with van der Waals surface area (Å²) in [6.07, 6.45) is 3.48. The van der Waals surface area contributed by atoms with Crippen LogP contribution in [0.1, 0.15) is 15.2 Å². The first-order chi connectivity index (χ1) is 12.0. The van der Waals surface area contributed by atoms with Gasteiger partial charge in [0.25, 0.3) is 0 Å². The summed E-state index contributed by atoms with van der Waals surface area (Å²) in [4.78, 5) is 16.2. The van der Waals surface area contributed by atoms with Crippen molar-refractivity contribution in [3.8, 4) is 10.4 Å². The lowest BCUT2D eigenvalue weighted by Gasteiger charge is -2.11. The van der Waals surface area contributed by atoms with Crippen LogP contribution in [0.3, 0.4) is 0 Å². The molecule has 0 bridgehead atoms. The molecule has 0 aliphatic carbocycles. The van der Waals surface area contributed by atoms with Crippen molar-refractivity contribution in [1.29, 1.82) is 0 Å². The van der Waals surface area contributed by atoms with Crippen molar-refractivity contribution in [3.05, 3.63) is 82.2 Å². The number of allylic oxidation sites excluding steroid dienone is 1. The van der Waals surface area contributed by atoms with Gasteiger partial charge in [-0.3, -0.25) is 4.79 Å². The first kappa shape index (κ1) is 17.5. The molecule has 0 saturated carbocycles. The summed E-state index contributed by atoms with van der Waals surface area (Å²) < 4.78 is 0. The van der Waals surface area contributed by atoms with E-state index >= 15 is 0 Å². The number of benzene rings is 2. The normalized spacial score (nSPS) is 11.0. The second-order valence-electron chi connectivity index (χ2n) is 5.85. The Bertz CT molecular complexity index is 892. The smallest absolute Gasteiger partial charge is 0.195 e. The summed E-state index contributed by atoms with van der Waals surface area (Å²) in [6.45, 7) is 0. The summed E-state index contributed by atoms with van der Waals surface area (Å²) in [7, 11) is 4.01. The highest BCUT2D eigenvalue weighted by molar-refractivity contribution is 7.17. The fraction of sp³-hybridized carbons (Fsp3) is 0.0952. The van der Waals surface area contributed by atoms with Gasteiger partial charge >= 0.3 is 0 Å². The first-order valence-electron chi connectivity index (χ1n) is 7.88. The number of halogens is 1. The standard InChI is InChI=1S/C21H18ClNOS/c1-23(2)18-10-3-15(4-11-18)5-12-19(24)21-14-13-20(25-21)16-6-8-17(22)9-7-16/h3-14H,1-2H3. The van der Waals surface area contributed by atoms with E-state index in [9.17, 15) is 4.79 Å². The Morgan fingerprint density at radius 1 is 0.960 bits per heavy atom. The van der Waals surface area contributed by atoms with Gasteiger partial charge in [0.05, 0.1) is 4.88 Å². The average Bonchev–Trinajstić information content (AvgIpc) is 3.11. The third kappa shape index (κ3) is 4.38. The summed E-state index contributed by atoms with van der Waals surface area (Å²) in [5.74, 6) is 0.0156. The molecule has 1 heterocycles. The van der Waals surface area contributed by atoms with Gasteiger partial charge in [-0.05, 0) is 53.6 Å². The van der Waals surface area contributed by atoms with Crippen molar-refractivity contribution in [1.82, 2.24) is 0 Å². The summed E-state index contributed by atoms with van der Waals surface area (Å²) in [6, 6.07) is 19.6. The Labute approximate surface area is 157 Å². The predicted octanol–water partition coefficient (Wildman–Crippen LogP) is 6.03. The zero-order chi connectivity index (χ0) is 17.8. The average molecular weight is 368 g/mol. The fourth-order valence-corrected chi connectivity index (χ4v) is 3.43. The molecule has 2 aromatic carbocycles. The summed E-state index contributed by atoms with van der Waals surface area (Å²) in [5.41, 5.74) is 3.21. The van der Waals surface area contributed by atoms with Crippen molar-refractivity contribution < 1.29 is 4.79 Å². The van der Waals surface area contributed by atoms with E-state index in [1.807, 2.05) is 85.7 Å². The van der Waals surface area contributed by atoms with Crippen LogP contribution in [0, 0.1) is 0 Å². The molecule has 3 rings (SSSR count). The highest BCUT2D eigenvalue weighted by Crippen LogP contribution is 2.29. The number of anilines is 1. The molecule has 25 heavy (non-hydrogen) atoms. The van der Waals surface area contributed by atoms with Crippen molar-refractivity contribution >= 4 is 40.5 Å². The lowest BCUT2D eigenvalue weighted by atomic mass is 10.1. The molecule has 0 N–H and O–H groups in total. The van der Waals surface area contributed by atoms with E-state index in [1.165, 1.54) is 11.3 Å². The molecule has 2 nitrogen and oxygen atoms in total. The monoisotopic (exact) mass is 367 g/mol.